The van der Waals surface area contributed by atoms with E-state index in [-0.39, 0.29) is 11.7 Å². The van der Waals surface area contributed by atoms with Gasteiger partial charge in [-0.25, -0.2) is 9.66 Å². The number of amides is 1. The lowest BCUT2D eigenvalue weighted by Crippen LogP contribution is -2.16. The predicted octanol–water partition coefficient (Wildman–Crippen LogP) is 3.39. The topological polar surface area (TPSA) is 98.7 Å². The number of aromatic nitrogens is 4. The van der Waals surface area contributed by atoms with Crippen molar-refractivity contribution in [3.63, 3.8) is 0 Å². The Balaban J connectivity index is 1.58. The average Bonchev–Trinajstić information content (AvgIpc) is 3.17. The Morgan fingerprint density at radius 2 is 2.08 bits per heavy atom. The fourth-order valence-electron chi connectivity index (χ4n) is 2.06. The molecule has 0 spiro atoms. The maximum atomic E-state index is 12.1. The lowest BCUT2D eigenvalue weighted by Gasteiger charge is -2.04. The van der Waals surface area contributed by atoms with Crippen LogP contribution in [0.2, 0.25) is 10.0 Å². The van der Waals surface area contributed by atoms with Gasteiger partial charge in [0.1, 0.15) is 5.82 Å². The molecule has 0 aliphatic carbocycles. The molecule has 7 nitrogen and oxygen atoms in total. The van der Waals surface area contributed by atoms with Gasteiger partial charge in [0.15, 0.2) is 5.13 Å². The van der Waals surface area contributed by atoms with E-state index in [4.69, 9.17) is 29.0 Å². The summed E-state index contributed by atoms with van der Waals surface area (Å²) in [6, 6.07) is 5.39. The first-order chi connectivity index (χ1) is 12.4. The summed E-state index contributed by atoms with van der Waals surface area (Å²) in [6.45, 7) is 1.74. The van der Waals surface area contributed by atoms with Crippen molar-refractivity contribution in [2.24, 2.45) is 0 Å². The zero-order chi connectivity index (χ0) is 18.7. The number of nitrogen functional groups attached to an aromatic ring is 1. The Morgan fingerprint density at radius 3 is 2.73 bits per heavy atom. The van der Waals surface area contributed by atoms with Crippen molar-refractivity contribution in [3.05, 3.63) is 50.7 Å². The average molecular weight is 429 g/mol. The number of thiazole rings is 1. The second-order valence-electron chi connectivity index (χ2n) is 5.25. The number of carbonyl (C=O) groups is 1. The molecule has 2 heterocycles. The molecule has 0 unspecified atom stereocenters. The van der Waals surface area contributed by atoms with Crippen LogP contribution >= 0.6 is 46.3 Å². The third-order valence-electron chi connectivity index (χ3n) is 3.38. The summed E-state index contributed by atoms with van der Waals surface area (Å²) >= 11 is 15.0. The minimum absolute atomic E-state index is 0.153. The zero-order valence-corrected chi connectivity index (χ0v) is 16.7. The Kier molecular flexibility index (Phi) is 6.02. The van der Waals surface area contributed by atoms with Crippen molar-refractivity contribution in [1.29, 1.82) is 0 Å². The second kappa shape index (κ2) is 8.26. The minimum atomic E-state index is -0.202. The lowest BCUT2D eigenvalue weighted by atomic mass is 10.1. The van der Waals surface area contributed by atoms with Crippen LogP contribution in [-0.4, -0.2) is 31.5 Å². The van der Waals surface area contributed by atoms with Crippen LogP contribution in [0, 0.1) is 6.92 Å². The third-order valence-corrected chi connectivity index (χ3v) is 5.94. The van der Waals surface area contributed by atoms with E-state index < -0.39 is 0 Å². The quantitative estimate of drug-likeness (QED) is 0.461. The van der Waals surface area contributed by atoms with Crippen molar-refractivity contribution in [3.8, 4) is 0 Å². The number of hydrogen-bond donors (Lipinski definition) is 2. The zero-order valence-electron chi connectivity index (χ0n) is 13.6. The van der Waals surface area contributed by atoms with E-state index in [1.165, 1.54) is 27.8 Å². The van der Waals surface area contributed by atoms with Crippen LogP contribution in [-0.2, 0) is 11.2 Å². The number of nitrogens with zero attached hydrogens (tertiary/aromatic N) is 4. The molecule has 0 fully saturated rings. The monoisotopic (exact) mass is 428 g/mol. The van der Waals surface area contributed by atoms with Gasteiger partial charge in [0.25, 0.3) is 0 Å². The first kappa shape index (κ1) is 19.0. The van der Waals surface area contributed by atoms with E-state index in [9.17, 15) is 4.79 Å². The normalized spacial score (nSPS) is 10.9. The summed E-state index contributed by atoms with van der Waals surface area (Å²) in [5, 5.41) is 12.7. The van der Waals surface area contributed by atoms with Crippen LogP contribution in [0.1, 0.15) is 16.3 Å². The Morgan fingerprint density at radius 1 is 1.35 bits per heavy atom. The third kappa shape index (κ3) is 4.47. The SMILES string of the molecule is Cc1nnc(SCC(=O)Nc2ncc(Cc3c(Cl)cccc3Cl)s2)n1N. The fourth-order valence-corrected chi connectivity index (χ4v) is 4.13. The number of carbonyl (C=O) groups excluding carboxylic acids is 1. The number of benzene rings is 1. The molecule has 0 bridgehead atoms. The van der Waals surface area contributed by atoms with Gasteiger partial charge in [0.05, 0.1) is 5.75 Å². The number of thioether (sulfide) groups is 1. The summed E-state index contributed by atoms with van der Waals surface area (Å²) in [7, 11) is 0. The molecule has 1 aromatic carbocycles. The summed E-state index contributed by atoms with van der Waals surface area (Å²) in [4.78, 5) is 17.2. The van der Waals surface area contributed by atoms with Crippen molar-refractivity contribution >= 4 is 57.3 Å². The summed E-state index contributed by atoms with van der Waals surface area (Å²) in [5.41, 5.74) is 0.838. The fraction of sp³-hybridized carbons (Fsp3) is 0.200. The van der Waals surface area contributed by atoms with E-state index in [0.717, 1.165) is 10.4 Å². The van der Waals surface area contributed by atoms with Crippen LogP contribution in [0.25, 0.3) is 0 Å². The summed E-state index contributed by atoms with van der Waals surface area (Å²) in [6.07, 6.45) is 2.25. The molecule has 3 N–H and O–H groups in total. The number of nitrogens with one attached hydrogen (secondary N) is 1. The van der Waals surface area contributed by atoms with Gasteiger partial charge in [0, 0.05) is 27.5 Å². The second-order valence-corrected chi connectivity index (χ2v) is 8.12. The molecular weight excluding hydrogens is 415 g/mol. The van der Waals surface area contributed by atoms with Gasteiger partial charge in [-0.05, 0) is 24.6 Å². The molecule has 26 heavy (non-hydrogen) atoms. The van der Waals surface area contributed by atoms with Gasteiger partial charge < -0.3 is 11.2 Å². The van der Waals surface area contributed by atoms with Crippen LogP contribution in [0.4, 0.5) is 5.13 Å². The number of halogens is 2. The predicted molar refractivity (Wildman–Crippen MR) is 106 cm³/mol. The maximum absolute atomic E-state index is 12.1. The molecule has 0 aliphatic heterocycles. The standard InChI is InChI=1S/C15H14Cl2N6OS2/c1-8-21-22-15(23(8)18)25-7-13(24)20-14-19-6-9(26-14)5-10-11(16)3-2-4-12(10)17/h2-4,6H,5,7,18H2,1H3,(H,19,20,24). The van der Waals surface area contributed by atoms with E-state index in [1.807, 2.05) is 0 Å². The van der Waals surface area contributed by atoms with Crippen molar-refractivity contribution in [1.82, 2.24) is 19.9 Å². The first-order valence-electron chi connectivity index (χ1n) is 7.41. The van der Waals surface area contributed by atoms with Crippen LogP contribution < -0.4 is 11.2 Å². The van der Waals surface area contributed by atoms with E-state index in [1.54, 1.807) is 31.3 Å². The molecule has 136 valence electrons. The molecule has 0 saturated carbocycles. The number of hydrogen-bond acceptors (Lipinski definition) is 7. The summed E-state index contributed by atoms with van der Waals surface area (Å²) < 4.78 is 1.34. The number of anilines is 1. The van der Waals surface area contributed by atoms with E-state index >= 15 is 0 Å². The first-order valence-corrected chi connectivity index (χ1v) is 9.97. The Labute approximate surface area is 167 Å². The summed E-state index contributed by atoms with van der Waals surface area (Å²) in [5.74, 6) is 6.28. The van der Waals surface area contributed by atoms with E-state index in [2.05, 4.69) is 20.5 Å². The molecule has 0 saturated heterocycles. The van der Waals surface area contributed by atoms with Crippen LogP contribution in [0.5, 0.6) is 0 Å². The van der Waals surface area contributed by atoms with Gasteiger partial charge >= 0.3 is 0 Å². The molecule has 3 aromatic rings. The highest BCUT2D eigenvalue weighted by Crippen LogP contribution is 2.29. The molecule has 2 aromatic heterocycles. The highest BCUT2D eigenvalue weighted by Gasteiger charge is 2.13. The highest BCUT2D eigenvalue weighted by atomic mass is 35.5. The molecule has 1 amide bonds. The Hall–Kier alpha value is -1.81. The molecule has 3 rings (SSSR count). The van der Waals surface area contributed by atoms with Crippen molar-refractivity contribution in [2.45, 2.75) is 18.5 Å². The molecule has 0 radical (unpaired) electrons. The van der Waals surface area contributed by atoms with Gasteiger partial charge in [0.2, 0.25) is 11.1 Å². The molecule has 0 aliphatic rings. The van der Waals surface area contributed by atoms with Crippen LogP contribution in [0.3, 0.4) is 0 Å². The van der Waals surface area contributed by atoms with Crippen LogP contribution in [0.15, 0.2) is 29.6 Å². The van der Waals surface area contributed by atoms with E-state index in [0.29, 0.717) is 32.6 Å². The number of rotatable bonds is 6. The smallest absolute Gasteiger partial charge is 0.236 e. The van der Waals surface area contributed by atoms with Gasteiger partial charge in [-0.1, -0.05) is 41.0 Å². The largest absolute Gasteiger partial charge is 0.336 e. The highest BCUT2D eigenvalue weighted by molar-refractivity contribution is 7.99. The number of aryl methyl sites for hydroxylation is 1. The van der Waals surface area contributed by atoms with Gasteiger partial charge in [-0.15, -0.1) is 21.5 Å². The Bertz CT molecular complexity index is 922. The maximum Gasteiger partial charge on any atom is 0.236 e. The molecule has 11 heteroatoms. The van der Waals surface area contributed by atoms with Crippen molar-refractivity contribution in [2.75, 3.05) is 16.9 Å². The van der Waals surface area contributed by atoms with Crippen molar-refractivity contribution < 1.29 is 4.79 Å². The number of nitrogens with two attached hydrogens (primary N) is 1. The molecule has 0 atom stereocenters. The molecular formula is C15H14Cl2N6OS2. The minimum Gasteiger partial charge on any atom is -0.336 e. The van der Waals surface area contributed by atoms with Gasteiger partial charge in [-0.3, -0.25) is 4.79 Å². The van der Waals surface area contributed by atoms with Gasteiger partial charge in [-0.2, -0.15) is 0 Å². The lowest BCUT2D eigenvalue weighted by molar-refractivity contribution is -0.113.